The zero-order valence-corrected chi connectivity index (χ0v) is 23.1. The van der Waals surface area contributed by atoms with E-state index in [-0.39, 0.29) is 0 Å². The van der Waals surface area contributed by atoms with Gasteiger partial charge < -0.3 is 0 Å². The van der Waals surface area contributed by atoms with Gasteiger partial charge in [0.15, 0.2) is 0 Å². The second-order valence-corrected chi connectivity index (χ2v) is 10.7. The first-order valence-corrected chi connectivity index (χ1v) is 14.1. The van der Waals surface area contributed by atoms with Gasteiger partial charge in [0.2, 0.25) is 0 Å². The SMILES string of the molecule is Cc1cccc2c(-c3ccc(-c4ccc5ccccc5c4)cc3)cc3nn(-c4cccc(-c5ccncc5)c4)nc3c12. The van der Waals surface area contributed by atoms with Crippen LogP contribution in [0.25, 0.3) is 71.6 Å². The number of pyridine rings is 1. The van der Waals surface area contributed by atoms with Crippen LogP contribution >= 0.6 is 0 Å². The van der Waals surface area contributed by atoms with Gasteiger partial charge in [-0.25, -0.2) is 0 Å². The highest BCUT2D eigenvalue weighted by Crippen LogP contribution is 2.37. The Bertz CT molecular complexity index is 2250. The second-order valence-electron chi connectivity index (χ2n) is 10.7. The highest BCUT2D eigenvalue weighted by Gasteiger charge is 2.16. The molecule has 198 valence electrons. The van der Waals surface area contributed by atoms with Crippen LogP contribution < -0.4 is 0 Å². The summed E-state index contributed by atoms with van der Waals surface area (Å²) < 4.78 is 0. The number of hydrogen-bond acceptors (Lipinski definition) is 3. The van der Waals surface area contributed by atoms with Crippen molar-refractivity contribution in [2.45, 2.75) is 6.92 Å². The van der Waals surface area contributed by atoms with Gasteiger partial charge in [-0.15, -0.1) is 10.2 Å². The van der Waals surface area contributed by atoms with Crippen molar-refractivity contribution in [3.8, 4) is 39.1 Å². The van der Waals surface area contributed by atoms with Crippen LogP contribution in [0.15, 0.2) is 140 Å². The molecule has 0 amide bonds. The van der Waals surface area contributed by atoms with Crippen LogP contribution in [0, 0.1) is 6.92 Å². The Morgan fingerprint density at radius 3 is 2.10 bits per heavy atom. The summed E-state index contributed by atoms with van der Waals surface area (Å²) in [7, 11) is 0. The van der Waals surface area contributed by atoms with Crippen molar-refractivity contribution in [1.82, 2.24) is 20.0 Å². The summed E-state index contributed by atoms with van der Waals surface area (Å²) in [5, 5.41) is 14.8. The summed E-state index contributed by atoms with van der Waals surface area (Å²) in [6, 6.07) is 45.0. The fraction of sp³-hybridized carbons (Fsp3) is 0.0263. The number of nitrogens with zero attached hydrogens (tertiary/aromatic N) is 4. The standard InChI is InChI=1S/C38H26N4/c1-25-6-4-11-34-35(29-15-12-27(13-16-29)32-17-14-26-7-2-3-8-30(26)22-32)24-36-38(37(25)34)41-42(40-36)33-10-5-9-31(23-33)28-18-20-39-21-19-28/h2-24H,1H3. The van der Waals surface area contributed by atoms with E-state index in [1.807, 2.05) is 36.7 Å². The van der Waals surface area contributed by atoms with E-state index in [0.717, 1.165) is 44.4 Å². The Labute approximate surface area is 243 Å². The molecule has 2 aromatic heterocycles. The summed E-state index contributed by atoms with van der Waals surface area (Å²) in [6.07, 6.45) is 3.63. The van der Waals surface area contributed by atoms with E-state index in [1.165, 1.54) is 32.8 Å². The third-order valence-corrected chi connectivity index (χ3v) is 8.09. The first-order chi connectivity index (χ1) is 20.7. The maximum Gasteiger partial charge on any atom is 0.121 e. The third kappa shape index (κ3) is 4.13. The van der Waals surface area contributed by atoms with Gasteiger partial charge >= 0.3 is 0 Å². The minimum atomic E-state index is 0.875. The molecule has 0 aliphatic carbocycles. The van der Waals surface area contributed by atoms with Crippen LogP contribution in [-0.4, -0.2) is 20.0 Å². The van der Waals surface area contributed by atoms with Crippen LogP contribution in [0.5, 0.6) is 0 Å². The van der Waals surface area contributed by atoms with Gasteiger partial charge in [0.05, 0.1) is 5.69 Å². The molecular formula is C38H26N4. The average Bonchev–Trinajstić information content (AvgIpc) is 3.49. The van der Waals surface area contributed by atoms with Gasteiger partial charge in [-0.05, 0) is 98.4 Å². The largest absolute Gasteiger partial charge is 0.265 e. The van der Waals surface area contributed by atoms with Gasteiger partial charge in [-0.1, -0.05) is 91.0 Å². The van der Waals surface area contributed by atoms with E-state index >= 15 is 0 Å². The fourth-order valence-electron chi connectivity index (χ4n) is 5.93. The number of hydrogen-bond donors (Lipinski definition) is 0. The van der Waals surface area contributed by atoms with Gasteiger partial charge in [-0.2, -0.15) is 4.80 Å². The molecule has 8 aromatic rings. The molecule has 0 spiro atoms. The Kier molecular flexibility index (Phi) is 5.64. The van der Waals surface area contributed by atoms with E-state index in [1.54, 1.807) is 4.80 Å². The monoisotopic (exact) mass is 538 g/mol. The van der Waals surface area contributed by atoms with E-state index < -0.39 is 0 Å². The predicted molar refractivity (Wildman–Crippen MR) is 173 cm³/mol. The van der Waals surface area contributed by atoms with Crippen molar-refractivity contribution in [3.63, 3.8) is 0 Å². The first kappa shape index (κ1) is 24.2. The smallest absolute Gasteiger partial charge is 0.121 e. The molecule has 0 bridgehead atoms. The number of aromatic nitrogens is 4. The topological polar surface area (TPSA) is 43.6 Å². The molecule has 0 N–H and O–H groups in total. The van der Waals surface area contributed by atoms with E-state index in [2.05, 4.69) is 115 Å². The van der Waals surface area contributed by atoms with Gasteiger partial charge in [0.1, 0.15) is 11.0 Å². The normalized spacial score (nSPS) is 11.5. The Hall–Kier alpha value is -5.61. The Morgan fingerprint density at radius 1 is 0.524 bits per heavy atom. The van der Waals surface area contributed by atoms with Crippen molar-refractivity contribution in [2.24, 2.45) is 0 Å². The van der Waals surface area contributed by atoms with E-state index in [4.69, 9.17) is 10.2 Å². The molecule has 0 unspecified atom stereocenters. The number of aryl methyl sites for hydroxylation is 1. The minimum absolute atomic E-state index is 0.875. The van der Waals surface area contributed by atoms with Crippen LogP contribution in [0.2, 0.25) is 0 Å². The lowest BCUT2D eigenvalue weighted by molar-refractivity contribution is 0.766. The highest BCUT2D eigenvalue weighted by molar-refractivity contribution is 6.12. The maximum atomic E-state index is 5.01. The van der Waals surface area contributed by atoms with Gasteiger partial charge in [0, 0.05) is 17.8 Å². The molecule has 42 heavy (non-hydrogen) atoms. The van der Waals surface area contributed by atoms with Crippen molar-refractivity contribution in [2.75, 3.05) is 0 Å². The van der Waals surface area contributed by atoms with E-state index in [0.29, 0.717) is 0 Å². The molecule has 0 aliphatic rings. The zero-order valence-electron chi connectivity index (χ0n) is 23.1. The van der Waals surface area contributed by atoms with Gasteiger partial charge in [-0.3, -0.25) is 4.98 Å². The molecule has 0 atom stereocenters. The first-order valence-electron chi connectivity index (χ1n) is 14.1. The molecule has 8 rings (SSSR count). The lowest BCUT2D eigenvalue weighted by Crippen LogP contribution is -1.98. The quantitative estimate of drug-likeness (QED) is 0.224. The minimum Gasteiger partial charge on any atom is -0.265 e. The lowest BCUT2D eigenvalue weighted by atomic mass is 9.93. The summed E-state index contributed by atoms with van der Waals surface area (Å²) in [4.78, 5) is 5.91. The summed E-state index contributed by atoms with van der Waals surface area (Å²) in [6.45, 7) is 2.15. The molecule has 2 heterocycles. The molecule has 0 saturated heterocycles. The molecule has 4 nitrogen and oxygen atoms in total. The number of rotatable bonds is 4. The zero-order chi connectivity index (χ0) is 28.0. The van der Waals surface area contributed by atoms with Crippen LogP contribution in [0.1, 0.15) is 5.56 Å². The van der Waals surface area contributed by atoms with Crippen molar-refractivity contribution in [3.05, 3.63) is 145 Å². The van der Waals surface area contributed by atoms with Crippen molar-refractivity contribution in [1.29, 1.82) is 0 Å². The molecule has 6 aromatic carbocycles. The summed E-state index contributed by atoms with van der Waals surface area (Å²) >= 11 is 0. The highest BCUT2D eigenvalue weighted by atomic mass is 15.5. The molecular weight excluding hydrogens is 512 g/mol. The molecule has 0 aliphatic heterocycles. The Balaban J connectivity index is 1.24. The number of benzene rings is 6. The molecule has 4 heteroatoms. The summed E-state index contributed by atoms with van der Waals surface area (Å²) in [5.41, 5.74) is 10.8. The number of fused-ring (bicyclic) bond motifs is 4. The predicted octanol–water partition coefficient (Wildman–Crippen LogP) is 9.43. The molecule has 0 radical (unpaired) electrons. The molecule has 0 saturated carbocycles. The lowest BCUT2D eigenvalue weighted by Gasteiger charge is -2.11. The average molecular weight is 539 g/mol. The Morgan fingerprint density at radius 2 is 1.24 bits per heavy atom. The van der Waals surface area contributed by atoms with Gasteiger partial charge in [0.25, 0.3) is 0 Å². The maximum absolute atomic E-state index is 5.01. The third-order valence-electron chi connectivity index (χ3n) is 8.09. The van der Waals surface area contributed by atoms with Crippen LogP contribution in [0.3, 0.4) is 0 Å². The fourth-order valence-corrected chi connectivity index (χ4v) is 5.93. The van der Waals surface area contributed by atoms with Crippen LogP contribution in [-0.2, 0) is 0 Å². The van der Waals surface area contributed by atoms with Crippen molar-refractivity contribution >= 4 is 32.6 Å². The van der Waals surface area contributed by atoms with E-state index in [9.17, 15) is 0 Å². The van der Waals surface area contributed by atoms with Crippen molar-refractivity contribution < 1.29 is 0 Å². The summed E-state index contributed by atoms with van der Waals surface area (Å²) in [5.74, 6) is 0. The molecule has 0 fully saturated rings. The van der Waals surface area contributed by atoms with Crippen LogP contribution in [0.4, 0.5) is 0 Å². The second kappa shape index (κ2) is 9.79.